The third-order valence-electron chi connectivity index (χ3n) is 4.53. The second-order valence-corrected chi connectivity index (χ2v) is 6.47. The molecule has 0 aliphatic carbocycles. The predicted molar refractivity (Wildman–Crippen MR) is 104 cm³/mol. The van der Waals surface area contributed by atoms with Crippen LogP contribution < -0.4 is 10.1 Å². The quantitative estimate of drug-likeness (QED) is 0.732. The van der Waals surface area contributed by atoms with Crippen molar-refractivity contribution >= 4 is 22.8 Å². The van der Waals surface area contributed by atoms with Gasteiger partial charge in [0.2, 0.25) is 0 Å². The van der Waals surface area contributed by atoms with Crippen LogP contribution in [0.4, 0.5) is 10.5 Å². The third-order valence-corrected chi connectivity index (χ3v) is 4.53. The fourth-order valence-corrected chi connectivity index (χ4v) is 2.70. The van der Waals surface area contributed by atoms with Gasteiger partial charge in [-0.05, 0) is 49.2 Å². The molecule has 2 aromatic carbocycles. The van der Waals surface area contributed by atoms with Crippen molar-refractivity contribution in [1.82, 2.24) is 14.9 Å². The number of imidazole rings is 1. The lowest BCUT2D eigenvalue weighted by molar-refractivity contribution is 0.223. The van der Waals surface area contributed by atoms with E-state index >= 15 is 0 Å². The van der Waals surface area contributed by atoms with Crippen molar-refractivity contribution in [3.8, 4) is 5.75 Å². The fraction of sp³-hybridized carbons (Fsp3) is 0.300. The molecule has 2 amide bonds. The molecule has 0 bridgehead atoms. The molecule has 26 heavy (non-hydrogen) atoms. The minimum absolute atomic E-state index is 0.133. The third kappa shape index (κ3) is 3.96. The van der Waals surface area contributed by atoms with Gasteiger partial charge in [0.1, 0.15) is 11.6 Å². The normalized spacial score (nSPS) is 10.8. The second-order valence-electron chi connectivity index (χ2n) is 6.47. The van der Waals surface area contributed by atoms with Crippen molar-refractivity contribution < 1.29 is 9.53 Å². The molecule has 0 saturated carbocycles. The molecule has 1 heterocycles. The largest absolute Gasteiger partial charge is 0.497 e. The van der Waals surface area contributed by atoms with Crippen LogP contribution in [0.1, 0.15) is 17.0 Å². The summed E-state index contributed by atoms with van der Waals surface area (Å²) < 4.78 is 5.22. The number of aryl methyl sites for hydroxylation is 2. The number of rotatable bonds is 5. The molecule has 1 aromatic heterocycles. The zero-order chi connectivity index (χ0) is 18.7. The number of nitrogens with one attached hydrogen (secondary N) is 2. The first kappa shape index (κ1) is 17.8. The Hall–Kier alpha value is -3.02. The van der Waals surface area contributed by atoms with Gasteiger partial charge in [0.05, 0.1) is 18.1 Å². The number of likely N-dealkylation sites (N-methyl/N-ethyl adjacent to an activating group) is 1. The summed E-state index contributed by atoms with van der Waals surface area (Å²) in [7, 11) is 3.42. The topological polar surface area (TPSA) is 70.2 Å². The number of hydrogen-bond acceptors (Lipinski definition) is 3. The van der Waals surface area contributed by atoms with Gasteiger partial charge in [-0.3, -0.25) is 0 Å². The van der Waals surface area contributed by atoms with Crippen molar-refractivity contribution in [3.05, 3.63) is 53.3 Å². The standard InChI is InChI=1S/C20H24N4O2/c1-13-5-6-15(11-14(13)2)21-20(25)24(3)10-9-19-22-17-8-7-16(26-4)12-18(17)23-19/h5-8,11-12H,9-10H2,1-4H3,(H,21,25)(H,22,23). The lowest BCUT2D eigenvalue weighted by Crippen LogP contribution is -2.33. The lowest BCUT2D eigenvalue weighted by atomic mass is 10.1. The number of H-pyrrole nitrogens is 1. The summed E-state index contributed by atoms with van der Waals surface area (Å²) in [5.41, 5.74) is 4.99. The monoisotopic (exact) mass is 352 g/mol. The lowest BCUT2D eigenvalue weighted by Gasteiger charge is -2.17. The molecule has 0 aliphatic rings. The summed E-state index contributed by atoms with van der Waals surface area (Å²) in [5, 5.41) is 2.93. The van der Waals surface area contributed by atoms with Crippen LogP contribution >= 0.6 is 0 Å². The summed E-state index contributed by atoms with van der Waals surface area (Å²) in [6.07, 6.45) is 0.647. The van der Waals surface area contributed by atoms with E-state index in [-0.39, 0.29) is 6.03 Å². The van der Waals surface area contributed by atoms with Gasteiger partial charge in [0.15, 0.2) is 0 Å². The molecule has 136 valence electrons. The summed E-state index contributed by atoms with van der Waals surface area (Å²) in [6.45, 7) is 4.65. The first-order valence-corrected chi connectivity index (χ1v) is 8.58. The predicted octanol–water partition coefficient (Wildman–Crippen LogP) is 3.89. The summed E-state index contributed by atoms with van der Waals surface area (Å²) in [5.74, 6) is 1.64. The van der Waals surface area contributed by atoms with Crippen LogP contribution in [-0.4, -0.2) is 41.6 Å². The maximum absolute atomic E-state index is 12.4. The zero-order valence-electron chi connectivity index (χ0n) is 15.6. The van der Waals surface area contributed by atoms with E-state index in [1.807, 2.05) is 43.3 Å². The number of fused-ring (bicyclic) bond motifs is 1. The van der Waals surface area contributed by atoms with Gasteiger partial charge in [-0.2, -0.15) is 0 Å². The highest BCUT2D eigenvalue weighted by molar-refractivity contribution is 5.89. The number of amides is 2. The molecular weight excluding hydrogens is 328 g/mol. The van der Waals surface area contributed by atoms with Crippen LogP contribution in [-0.2, 0) is 6.42 Å². The van der Waals surface area contributed by atoms with Crippen LogP contribution in [0.5, 0.6) is 5.75 Å². The van der Waals surface area contributed by atoms with Crippen LogP contribution in [0, 0.1) is 13.8 Å². The summed E-state index contributed by atoms with van der Waals surface area (Å²) in [4.78, 5) is 21.8. The van der Waals surface area contributed by atoms with E-state index in [4.69, 9.17) is 4.74 Å². The number of anilines is 1. The maximum atomic E-state index is 12.4. The Morgan fingerprint density at radius 1 is 1.19 bits per heavy atom. The molecular formula is C20H24N4O2. The highest BCUT2D eigenvalue weighted by atomic mass is 16.5. The number of carbonyl (C=O) groups excluding carboxylic acids is 1. The minimum atomic E-state index is -0.133. The van der Waals surface area contributed by atoms with Crippen molar-refractivity contribution in [2.24, 2.45) is 0 Å². The number of methoxy groups -OCH3 is 1. The van der Waals surface area contributed by atoms with Crippen molar-refractivity contribution in [3.63, 3.8) is 0 Å². The zero-order valence-corrected chi connectivity index (χ0v) is 15.6. The Morgan fingerprint density at radius 3 is 2.73 bits per heavy atom. The van der Waals surface area contributed by atoms with Crippen LogP contribution in [0.15, 0.2) is 36.4 Å². The Kier molecular flexibility index (Phi) is 5.11. The minimum Gasteiger partial charge on any atom is -0.497 e. The van der Waals surface area contributed by atoms with Gasteiger partial charge in [0, 0.05) is 31.8 Å². The van der Waals surface area contributed by atoms with Gasteiger partial charge in [-0.1, -0.05) is 6.07 Å². The molecule has 3 rings (SSSR count). The maximum Gasteiger partial charge on any atom is 0.321 e. The van der Waals surface area contributed by atoms with E-state index in [2.05, 4.69) is 22.2 Å². The van der Waals surface area contributed by atoms with Crippen molar-refractivity contribution in [2.75, 3.05) is 26.0 Å². The molecule has 0 radical (unpaired) electrons. The average Bonchev–Trinajstić information content (AvgIpc) is 3.04. The van der Waals surface area contributed by atoms with Crippen LogP contribution in [0.3, 0.4) is 0 Å². The van der Waals surface area contributed by atoms with E-state index < -0.39 is 0 Å². The number of aromatic nitrogens is 2. The molecule has 0 aliphatic heterocycles. The first-order chi connectivity index (χ1) is 12.5. The molecule has 2 N–H and O–H groups in total. The highest BCUT2D eigenvalue weighted by Gasteiger charge is 2.11. The smallest absolute Gasteiger partial charge is 0.321 e. The fourth-order valence-electron chi connectivity index (χ4n) is 2.70. The van der Waals surface area contributed by atoms with E-state index in [1.165, 1.54) is 5.56 Å². The van der Waals surface area contributed by atoms with Crippen LogP contribution in [0.2, 0.25) is 0 Å². The average molecular weight is 352 g/mol. The van der Waals surface area contributed by atoms with E-state index in [0.29, 0.717) is 13.0 Å². The van der Waals surface area contributed by atoms with Crippen molar-refractivity contribution in [1.29, 1.82) is 0 Å². The number of hydrogen-bond donors (Lipinski definition) is 2. The molecule has 0 atom stereocenters. The van der Waals surface area contributed by atoms with Crippen molar-refractivity contribution in [2.45, 2.75) is 20.3 Å². The number of aromatic amines is 1. The number of benzene rings is 2. The van der Waals surface area contributed by atoms with Gasteiger partial charge in [-0.15, -0.1) is 0 Å². The van der Waals surface area contributed by atoms with Gasteiger partial charge < -0.3 is 19.9 Å². The summed E-state index contributed by atoms with van der Waals surface area (Å²) >= 11 is 0. The van der Waals surface area contributed by atoms with E-state index in [1.54, 1.807) is 19.1 Å². The molecule has 0 unspecified atom stereocenters. The Labute approximate surface area is 153 Å². The van der Waals surface area contributed by atoms with Gasteiger partial charge in [0.25, 0.3) is 0 Å². The molecule has 0 saturated heterocycles. The number of ether oxygens (including phenoxy) is 1. The Bertz CT molecular complexity index is 933. The highest BCUT2D eigenvalue weighted by Crippen LogP contribution is 2.19. The molecule has 6 heteroatoms. The molecule has 0 spiro atoms. The number of urea groups is 1. The van der Waals surface area contributed by atoms with Gasteiger partial charge >= 0.3 is 6.03 Å². The molecule has 6 nitrogen and oxygen atoms in total. The number of carbonyl (C=O) groups is 1. The first-order valence-electron chi connectivity index (χ1n) is 8.58. The van der Waals surface area contributed by atoms with Crippen LogP contribution in [0.25, 0.3) is 11.0 Å². The second kappa shape index (κ2) is 7.47. The Balaban J connectivity index is 1.59. The number of nitrogens with zero attached hydrogens (tertiary/aromatic N) is 2. The van der Waals surface area contributed by atoms with E-state index in [9.17, 15) is 4.79 Å². The Morgan fingerprint density at radius 2 is 2.00 bits per heavy atom. The van der Waals surface area contributed by atoms with E-state index in [0.717, 1.165) is 33.9 Å². The van der Waals surface area contributed by atoms with Gasteiger partial charge in [-0.25, -0.2) is 9.78 Å². The SMILES string of the molecule is COc1ccc2nc(CCN(C)C(=O)Nc3ccc(C)c(C)c3)[nH]c2c1. The summed E-state index contributed by atoms with van der Waals surface area (Å²) in [6, 6.07) is 11.5. The molecule has 3 aromatic rings. The molecule has 0 fully saturated rings.